The molecule has 4 heteroatoms. The third-order valence-corrected chi connectivity index (χ3v) is 3.27. The van der Waals surface area contributed by atoms with Crippen molar-refractivity contribution in [3.8, 4) is 0 Å². The van der Waals surface area contributed by atoms with Gasteiger partial charge in [0.2, 0.25) is 6.79 Å². The van der Waals surface area contributed by atoms with Gasteiger partial charge in [-0.25, -0.2) is 0 Å². The number of rotatable bonds is 6. The SMILES string of the molecule is C[N+](CCCl)(CC1=COCO1)Cc1ccccc1. The number of halogens is 1. The van der Waals surface area contributed by atoms with Gasteiger partial charge < -0.3 is 14.0 Å². The monoisotopic (exact) mass is 268 g/mol. The Kier molecular flexibility index (Phi) is 4.50. The number of alkyl halides is 1. The van der Waals surface area contributed by atoms with Gasteiger partial charge >= 0.3 is 0 Å². The zero-order valence-corrected chi connectivity index (χ0v) is 11.4. The molecule has 0 radical (unpaired) electrons. The first-order valence-electron chi connectivity index (χ1n) is 6.09. The van der Waals surface area contributed by atoms with Gasteiger partial charge in [-0.2, -0.15) is 0 Å². The molecule has 1 atom stereocenters. The van der Waals surface area contributed by atoms with Gasteiger partial charge in [-0.3, -0.25) is 0 Å². The third-order valence-electron chi connectivity index (χ3n) is 3.10. The maximum atomic E-state index is 5.93. The van der Waals surface area contributed by atoms with Crippen LogP contribution in [0.25, 0.3) is 0 Å². The van der Waals surface area contributed by atoms with Crippen LogP contribution in [0.4, 0.5) is 0 Å². The van der Waals surface area contributed by atoms with E-state index >= 15 is 0 Å². The Morgan fingerprint density at radius 2 is 2.00 bits per heavy atom. The van der Waals surface area contributed by atoms with Crippen LogP contribution in [-0.2, 0) is 16.0 Å². The number of ether oxygens (including phenoxy) is 2. The zero-order valence-electron chi connectivity index (χ0n) is 10.6. The number of quaternary nitrogens is 1. The number of hydrogen-bond acceptors (Lipinski definition) is 2. The minimum Gasteiger partial charge on any atom is -0.461 e. The zero-order chi connectivity index (χ0) is 12.8. The summed E-state index contributed by atoms with van der Waals surface area (Å²) in [6.45, 7) is 2.98. The van der Waals surface area contributed by atoms with E-state index in [-0.39, 0.29) is 0 Å². The number of nitrogens with zero attached hydrogens (tertiary/aromatic N) is 1. The normalized spacial score (nSPS) is 17.6. The fourth-order valence-electron chi connectivity index (χ4n) is 2.17. The van der Waals surface area contributed by atoms with Gasteiger partial charge in [0.1, 0.15) is 19.4 Å². The van der Waals surface area contributed by atoms with Gasteiger partial charge in [-0.05, 0) is 0 Å². The number of hydrogen-bond donors (Lipinski definition) is 0. The van der Waals surface area contributed by atoms with Crippen molar-refractivity contribution in [1.82, 2.24) is 0 Å². The lowest BCUT2D eigenvalue weighted by molar-refractivity contribution is -0.917. The molecule has 0 saturated heterocycles. The number of likely N-dealkylation sites (N-methyl/N-ethyl adjacent to an activating group) is 1. The molecule has 0 saturated carbocycles. The molecule has 0 N–H and O–H groups in total. The van der Waals surface area contributed by atoms with Crippen molar-refractivity contribution in [1.29, 1.82) is 0 Å². The molecule has 1 aromatic rings. The molecule has 2 rings (SSSR count). The van der Waals surface area contributed by atoms with Crippen LogP contribution in [0.5, 0.6) is 0 Å². The highest BCUT2D eigenvalue weighted by Crippen LogP contribution is 2.18. The summed E-state index contributed by atoms with van der Waals surface area (Å²) in [6.07, 6.45) is 1.70. The summed E-state index contributed by atoms with van der Waals surface area (Å²) in [6, 6.07) is 10.5. The molecule has 1 aromatic carbocycles. The smallest absolute Gasteiger partial charge is 0.230 e. The van der Waals surface area contributed by atoms with Gasteiger partial charge in [-0.1, -0.05) is 30.3 Å². The van der Waals surface area contributed by atoms with Crippen LogP contribution < -0.4 is 0 Å². The molecule has 0 aliphatic carbocycles. The van der Waals surface area contributed by atoms with Crippen LogP contribution in [0.2, 0.25) is 0 Å². The Labute approximate surface area is 113 Å². The summed E-state index contributed by atoms with van der Waals surface area (Å²) >= 11 is 5.93. The molecule has 0 aromatic heterocycles. The Morgan fingerprint density at radius 3 is 2.61 bits per heavy atom. The first-order chi connectivity index (χ1) is 8.72. The third kappa shape index (κ3) is 3.65. The van der Waals surface area contributed by atoms with Gasteiger partial charge in [0, 0.05) is 5.56 Å². The minimum absolute atomic E-state index is 0.335. The van der Waals surface area contributed by atoms with Crippen molar-refractivity contribution in [3.05, 3.63) is 47.9 Å². The van der Waals surface area contributed by atoms with Crippen LogP contribution >= 0.6 is 11.6 Å². The Bertz CT molecular complexity index is 408. The summed E-state index contributed by atoms with van der Waals surface area (Å²) < 4.78 is 11.3. The van der Waals surface area contributed by atoms with Gasteiger partial charge in [-0.15, -0.1) is 11.6 Å². The molecule has 1 aliphatic heterocycles. The molecule has 0 bridgehead atoms. The lowest BCUT2D eigenvalue weighted by Gasteiger charge is -2.33. The Hall–Kier alpha value is -1.19. The lowest BCUT2D eigenvalue weighted by Crippen LogP contribution is -2.46. The van der Waals surface area contributed by atoms with Crippen molar-refractivity contribution >= 4 is 11.6 Å². The van der Waals surface area contributed by atoms with E-state index in [1.807, 2.05) is 6.07 Å². The highest BCUT2D eigenvalue weighted by atomic mass is 35.5. The first-order valence-corrected chi connectivity index (χ1v) is 6.62. The largest absolute Gasteiger partial charge is 0.461 e. The Balaban J connectivity index is 2.05. The van der Waals surface area contributed by atoms with Crippen molar-refractivity contribution < 1.29 is 14.0 Å². The molecule has 98 valence electrons. The molecule has 18 heavy (non-hydrogen) atoms. The van der Waals surface area contributed by atoms with E-state index in [2.05, 4.69) is 31.3 Å². The molecule has 1 aliphatic rings. The molecule has 0 spiro atoms. The average molecular weight is 269 g/mol. The van der Waals surface area contributed by atoms with Crippen LogP contribution in [0, 0.1) is 0 Å². The summed E-state index contributed by atoms with van der Waals surface area (Å²) in [5, 5.41) is 0. The predicted octanol–water partition coefficient (Wildman–Crippen LogP) is 2.72. The van der Waals surface area contributed by atoms with Crippen LogP contribution in [-0.4, -0.2) is 37.3 Å². The van der Waals surface area contributed by atoms with Crippen molar-refractivity contribution in [3.63, 3.8) is 0 Å². The van der Waals surface area contributed by atoms with E-state index in [0.717, 1.165) is 29.9 Å². The minimum atomic E-state index is 0.335. The van der Waals surface area contributed by atoms with Crippen molar-refractivity contribution in [2.75, 3.05) is 32.8 Å². The fourth-order valence-corrected chi connectivity index (χ4v) is 2.58. The van der Waals surface area contributed by atoms with E-state index in [4.69, 9.17) is 21.1 Å². The molecular formula is C14H19ClNO2+. The van der Waals surface area contributed by atoms with Crippen LogP contribution in [0.1, 0.15) is 5.56 Å². The van der Waals surface area contributed by atoms with E-state index in [9.17, 15) is 0 Å². The molecule has 1 unspecified atom stereocenters. The standard InChI is InChI=1S/C14H19ClNO2/c1-16(8-7-15,10-14-11-17-12-18-14)9-13-5-3-2-4-6-13/h2-6,11H,7-10,12H2,1H3/q+1. The molecule has 1 heterocycles. The molecule has 0 amide bonds. The maximum Gasteiger partial charge on any atom is 0.230 e. The van der Waals surface area contributed by atoms with Crippen molar-refractivity contribution in [2.45, 2.75) is 6.54 Å². The van der Waals surface area contributed by atoms with E-state index < -0.39 is 0 Å². The average Bonchev–Trinajstić information content (AvgIpc) is 2.82. The Morgan fingerprint density at radius 1 is 1.22 bits per heavy atom. The predicted molar refractivity (Wildman–Crippen MR) is 71.9 cm³/mol. The second-order valence-electron chi connectivity index (χ2n) is 4.85. The van der Waals surface area contributed by atoms with Crippen molar-refractivity contribution in [2.24, 2.45) is 0 Å². The van der Waals surface area contributed by atoms with Gasteiger partial charge in [0.15, 0.2) is 5.76 Å². The quantitative estimate of drug-likeness (QED) is 0.583. The second-order valence-corrected chi connectivity index (χ2v) is 5.22. The fraction of sp³-hybridized carbons (Fsp3) is 0.429. The summed E-state index contributed by atoms with van der Waals surface area (Å²) in [4.78, 5) is 0. The molecule has 3 nitrogen and oxygen atoms in total. The van der Waals surface area contributed by atoms with Gasteiger partial charge in [0.05, 0.1) is 19.5 Å². The summed E-state index contributed by atoms with van der Waals surface area (Å²) in [5.41, 5.74) is 1.31. The maximum absolute atomic E-state index is 5.93. The highest BCUT2D eigenvalue weighted by molar-refractivity contribution is 6.17. The first kappa shape index (κ1) is 13.2. The topological polar surface area (TPSA) is 18.5 Å². The van der Waals surface area contributed by atoms with Crippen LogP contribution in [0.15, 0.2) is 42.4 Å². The lowest BCUT2D eigenvalue weighted by atomic mass is 10.2. The summed E-state index contributed by atoms with van der Waals surface area (Å²) in [7, 11) is 2.19. The van der Waals surface area contributed by atoms with E-state index in [1.165, 1.54) is 5.56 Å². The van der Waals surface area contributed by atoms with Gasteiger partial charge in [0.25, 0.3) is 0 Å². The van der Waals surface area contributed by atoms with E-state index in [0.29, 0.717) is 12.7 Å². The molecular weight excluding hydrogens is 250 g/mol. The molecule has 0 fully saturated rings. The van der Waals surface area contributed by atoms with Crippen LogP contribution in [0.3, 0.4) is 0 Å². The van der Waals surface area contributed by atoms with E-state index in [1.54, 1.807) is 6.26 Å². The second kappa shape index (κ2) is 6.12. The highest BCUT2D eigenvalue weighted by Gasteiger charge is 2.25. The summed E-state index contributed by atoms with van der Waals surface area (Å²) in [5.74, 6) is 1.54. The number of benzene rings is 1.